The van der Waals surface area contributed by atoms with Crippen LogP contribution in [0.25, 0.3) is 0 Å². The average molecular weight is 309 g/mol. The van der Waals surface area contributed by atoms with Crippen LogP contribution >= 0.6 is 12.6 Å². The van der Waals surface area contributed by atoms with E-state index in [0.29, 0.717) is 51.9 Å². The third-order valence-corrected chi connectivity index (χ3v) is 2.21. The zero-order valence-corrected chi connectivity index (χ0v) is 12.3. The first kappa shape index (κ1) is 19.0. The Balaban J connectivity index is 3.36. The monoisotopic (exact) mass is 309 g/mol. The number of carboxylic acid groups (broad SMARTS) is 1. The van der Waals surface area contributed by atoms with Gasteiger partial charge in [0.2, 0.25) is 0 Å². The van der Waals surface area contributed by atoms with Crippen molar-refractivity contribution in [2.45, 2.75) is 0 Å². The van der Waals surface area contributed by atoms with E-state index in [4.69, 9.17) is 30.9 Å². The number of ether oxygens (including phenoxy) is 3. The quantitative estimate of drug-likeness (QED) is 0.113. The molecule has 0 radical (unpaired) electrons. The molecule has 118 valence electrons. The van der Waals surface area contributed by atoms with Crippen molar-refractivity contribution in [1.29, 1.82) is 0 Å². The van der Waals surface area contributed by atoms with Gasteiger partial charge in [-0.3, -0.25) is 0 Å². The molecule has 0 saturated heterocycles. The van der Waals surface area contributed by atoms with E-state index in [2.05, 4.69) is 12.6 Å². The molecular weight excluding hydrogens is 286 g/mol. The minimum atomic E-state index is -1.21. The summed E-state index contributed by atoms with van der Waals surface area (Å²) in [5.41, 5.74) is 4.88. The van der Waals surface area contributed by atoms with Crippen molar-refractivity contribution < 1.29 is 24.1 Å². The fourth-order valence-electron chi connectivity index (χ4n) is 1.07. The minimum Gasteiger partial charge on any atom is -0.477 e. The maximum atomic E-state index is 10.4. The summed E-state index contributed by atoms with van der Waals surface area (Å²) in [5.74, 6) is 4.98. The summed E-state index contributed by atoms with van der Waals surface area (Å²) >= 11 is 4.01. The lowest BCUT2D eigenvalue weighted by atomic mass is 10.5. The number of carboxylic acids is 1. The third-order valence-electron chi connectivity index (χ3n) is 2.03. The Labute approximate surface area is 124 Å². The third kappa shape index (κ3) is 12.1. The summed E-state index contributed by atoms with van der Waals surface area (Å²) in [4.78, 5) is 10.4. The van der Waals surface area contributed by atoms with Crippen LogP contribution in [0.4, 0.5) is 0 Å². The van der Waals surface area contributed by atoms with Gasteiger partial charge in [0, 0.05) is 12.0 Å². The van der Waals surface area contributed by atoms with Gasteiger partial charge in [-0.25, -0.2) is 10.6 Å². The number of aliphatic carboxylic acids is 1. The minimum absolute atomic E-state index is 0.322. The van der Waals surface area contributed by atoms with Crippen LogP contribution in [0.2, 0.25) is 0 Å². The summed E-state index contributed by atoms with van der Waals surface area (Å²) in [5, 5.41) is 9.70. The van der Waals surface area contributed by atoms with Crippen molar-refractivity contribution >= 4 is 18.6 Å². The molecule has 0 amide bonds. The van der Waals surface area contributed by atoms with Crippen molar-refractivity contribution in [2.75, 3.05) is 51.9 Å². The van der Waals surface area contributed by atoms with Crippen molar-refractivity contribution in [3.63, 3.8) is 0 Å². The molecule has 0 aromatic rings. The Morgan fingerprint density at radius 2 is 1.60 bits per heavy atom. The van der Waals surface area contributed by atoms with Gasteiger partial charge in [0.1, 0.15) is 5.70 Å². The molecule has 0 spiro atoms. The molecular formula is C11H23N3O5S. The van der Waals surface area contributed by atoms with E-state index in [1.54, 1.807) is 0 Å². The summed E-state index contributed by atoms with van der Waals surface area (Å²) < 4.78 is 15.7. The predicted octanol–water partition coefficient (Wildman–Crippen LogP) is -0.974. The molecule has 0 saturated carbocycles. The highest BCUT2D eigenvalue weighted by atomic mass is 32.1. The topological polar surface area (TPSA) is 120 Å². The molecule has 0 aromatic carbocycles. The lowest BCUT2D eigenvalue weighted by molar-refractivity contribution is -0.132. The van der Waals surface area contributed by atoms with Gasteiger partial charge in [-0.1, -0.05) is 0 Å². The Bertz CT molecular complexity index is 291. The van der Waals surface area contributed by atoms with E-state index in [-0.39, 0.29) is 5.70 Å². The van der Waals surface area contributed by atoms with Crippen LogP contribution in [0.5, 0.6) is 0 Å². The smallest absolute Gasteiger partial charge is 0.353 e. The van der Waals surface area contributed by atoms with Crippen LogP contribution in [-0.4, -0.2) is 68.0 Å². The van der Waals surface area contributed by atoms with Crippen LogP contribution in [0.1, 0.15) is 0 Å². The van der Waals surface area contributed by atoms with E-state index in [1.807, 2.05) is 0 Å². The molecule has 9 heteroatoms. The summed E-state index contributed by atoms with van der Waals surface area (Å²) in [7, 11) is 0. The highest BCUT2D eigenvalue weighted by Crippen LogP contribution is 1.88. The van der Waals surface area contributed by atoms with Gasteiger partial charge < -0.3 is 30.1 Å². The summed E-state index contributed by atoms with van der Waals surface area (Å²) in [6.07, 6.45) is 1.14. The highest BCUT2D eigenvalue weighted by molar-refractivity contribution is 7.80. The van der Waals surface area contributed by atoms with Crippen LogP contribution in [-0.2, 0) is 19.0 Å². The lowest BCUT2D eigenvalue weighted by Gasteiger charge is -2.14. The largest absolute Gasteiger partial charge is 0.477 e. The second-order valence-corrected chi connectivity index (χ2v) is 4.14. The molecule has 0 heterocycles. The normalized spacial score (nSPS) is 11.6. The zero-order valence-electron chi connectivity index (χ0n) is 11.4. The van der Waals surface area contributed by atoms with Gasteiger partial charge in [-0.05, 0) is 0 Å². The van der Waals surface area contributed by atoms with Gasteiger partial charge in [0.05, 0.1) is 46.2 Å². The van der Waals surface area contributed by atoms with Gasteiger partial charge in [0.25, 0.3) is 0 Å². The predicted molar refractivity (Wildman–Crippen MR) is 77.1 cm³/mol. The van der Waals surface area contributed by atoms with Crippen molar-refractivity contribution in [2.24, 2.45) is 11.6 Å². The Morgan fingerprint density at radius 3 is 2.10 bits per heavy atom. The molecule has 0 aliphatic heterocycles. The average Bonchev–Trinajstić information content (AvgIpc) is 2.40. The zero-order chi connectivity index (χ0) is 15.2. The molecule has 0 aliphatic rings. The fourth-order valence-corrected chi connectivity index (χ4v) is 1.20. The molecule has 0 unspecified atom stereocenters. The Morgan fingerprint density at radius 1 is 1.10 bits per heavy atom. The summed E-state index contributed by atoms with van der Waals surface area (Å²) in [6.45, 7) is 3.23. The van der Waals surface area contributed by atoms with Crippen LogP contribution in [0.3, 0.4) is 0 Å². The van der Waals surface area contributed by atoms with E-state index in [1.165, 1.54) is 0 Å². The number of rotatable bonds is 13. The molecule has 8 nitrogen and oxygen atoms in total. The van der Waals surface area contributed by atoms with Crippen LogP contribution < -0.4 is 11.6 Å². The maximum Gasteiger partial charge on any atom is 0.353 e. The number of nitrogens with zero attached hydrogens (tertiary/aromatic N) is 1. The molecule has 5 N–H and O–H groups in total. The second-order valence-electron chi connectivity index (χ2n) is 3.69. The number of carbonyl (C=O) groups is 1. The number of nitrogens with two attached hydrogens (primary N) is 2. The van der Waals surface area contributed by atoms with E-state index >= 15 is 0 Å². The van der Waals surface area contributed by atoms with Crippen molar-refractivity contribution in [1.82, 2.24) is 5.01 Å². The standard InChI is InChI=1S/C11H23N3O5S/c12-10(11(15)16)9-14(13)1-2-17-3-4-18-5-6-19-7-8-20/h9,20H,1-8,12-13H2,(H,15,16)/b10-9-. The molecule has 0 aliphatic carbocycles. The Kier molecular flexibility index (Phi) is 12.4. The van der Waals surface area contributed by atoms with E-state index in [0.717, 1.165) is 11.2 Å². The lowest BCUT2D eigenvalue weighted by Crippen LogP contribution is -2.31. The first-order chi connectivity index (χ1) is 9.57. The summed E-state index contributed by atoms with van der Waals surface area (Å²) in [6, 6.07) is 0. The Hall–Kier alpha value is -1.00. The fraction of sp³-hybridized carbons (Fsp3) is 0.727. The molecule has 20 heavy (non-hydrogen) atoms. The molecule has 0 aromatic heterocycles. The SMILES string of the molecule is N/C(=C\N(N)CCOCCOCCOCCS)C(=O)O. The highest BCUT2D eigenvalue weighted by Gasteiger charge is 2.02. The van der Waals surface area contributed by atoms with Crippen LogP contribution in [0.15, 0.2) is 11.9 Å². The van der Waals surface area contributed by atoms with E-state index in [9.17, 15) is 4.79 Å². The maximum absolute atomic E-state index is 10.4. The number of hydrogen-bond acceptors (Lipinski definition) is 8. The first-order valence-corrected chi connectivity index (χ1v) is 6.77. The number of hydrogen-bond donors (Lipinski definition) is 4. The van der Waals surface area contributed by atoms with Crippen LogP contribution in [0, 0.1) is 0 Å². The van der Waals surface area contributed by atoms with Gasteiger partial charge in [-0.2, -0.15) is 12.6 Å². The van der Waals surface area contributed by atoms with Gasteiger partial charge in [0.15, 0.2) is 0 Å². The van der Waals surface area contributed by atoms with Gasteiger partial charge >= 0.3 is 5.97 Å². The molecule has 0 bridgehead atoms. The number of hydrazine groups is 1. The van der Waals surface area contributed by atoms with Crippen molar-refractivity contribution in [3.8, 4) is 0 Å². The molecule has 0 atom stereocenters. The number of thiol groups is 1. The first-order valence-electron chi connectivity index (χ1n) is 6.14. The van der Waals surface area contributed by atoms with Crippen molar-refractivity contribution in [3.05, 3.63) is 11.9 Å². The van der Waals surface area contributed by atoms with E-state index < -0.39 is 5.97 Å². The van der Waals surface area contributed by atoms with Gasteiger partial charge in [-0.15, -0.1) is 0 Å². The molecule has 0 fully saturated rings. The second kappa shape index (κ2) is 13.0. The molecule has 0 rings (SSSR count).